The zero-order valence-corrected chi connectivity index (χ0v) is 14.5. The first-order valence-corrected chi connectivity index (χ1v) is 8.15. The fourth-order valence-corrected chi connectivity index (χ4v) is 2.78. The second-order valence-electron chi connectivity index (χ2n) is 6.01. The molecule has 0 amide bonds. The summed E-state index contributed by atoms with van der Waals surface area (Å²) in [5, 5.41) is 18.8. The Balaban J connectivity index is 2.50. The Morgan fingerprint density at radius 1 is 1.24 bits per heavy atom. The van der Waals surface area contributed by atoms with Crippen molar-refractivity contribution in [3.05, 3.63) is 51.3 Å². The lowest BCUT2D eigenvalue weighted by Gasteiger charge is -2.17. The molecule has 0 saturated heterocycles. The standard InChI is InChI=1S/C19H21N5O/c1-3-4-8-24(2)12-13-6-5-7-14(9-13)17-15(10-20)18(22)23-19(25)16(17)11-21/h5-7,9H,3-4,8,12H2,1-2H3,(H3,22,23,25). The number of aromatic nitrogens is 1. The summed E-state index contributed by atoms with van der Waals surface area (Å²) in [6, 6.07) is 11.4. The molecule has 25 heavy (non-hydrogen) atoms. The summed E-state index contributed by atoms with van der Waals surface area (Å²) >= 11 is 0. The summed E-state index contributed by atoms with van der Waals surface area (Å²) in [5.74, 6) is -0.0213. The lowest BCUT2D eigenvalue weighted by Crippen LogP contribution is -2.19. The fraction of sp³-hybridized carbons (Fsp3) is 0.316. The van der Waals surface area contributed by atoms with Gasteiger partial charge in [0, 0.05) is 12.1 Å². The largest absolute Gasteiger partial charge is 0.384 e. The molecule has 0 saturated carbocycles. The number of H-pyrrole nitrogens is 1. The molecular formula is C19H21N5O. The Labute approximate surface area is 147 Å². The normalized spacial score (nSPS) is 10.4. The number of nitrogen functional groups attached to an aromatic ring is 1. The van der Waals surface area contributed by atoms with Gasteiger partial charge in [0.2, 0.25) is 0 Å². The van der Waals surface area contributed by atoms with E-state index in [1.54, 1.807) is 6.07 Å². The highest BCUT2D eigenvalue weighted by Gasteiger charge is 2.18. The topological polar surface area (TPSA) is 110 Å². The number of anilines is 1. The second-order valence-corrected chi connectivity index (χ2v) is 6.01. The number of rotatable bonds is 6. The van der Waals surface area contributed by atoms with Crippen molar-refractivity contribution in [3.8, 4) is 23.3 Å². The highest BCUT2D eigenvalue weighted by Crippen LogP contribution is 2.28. The monoisotopic (exact) mass is 335 g/mol. The van der Waals surface area contributed by atoms with Gasteiger partial charge in [-0.15, -0.1) is 0 Å². The van der Waals surface area contributed by atoms with Crippen LogP contribution in [0.25, 0.3) is 11.1 Å². The lowest BCUT2D eigenvalue weighted by molar-refractivity contribution is 0.321. The van der Waals surface area contributed by atoms with Crippen LogP contribution in [-0.4, -0.2) is 23.5 Å². The predicted octanol–water partition coefficient (Wildman–Crippen LogP) is 2.60. The first-order chi connectivity index (χ1) is 12.0. The van der Waals surface area contributed by atoms with Crippen LogP contribution < -0.4 is 11.3 Å². The van der Waals surface area contributed by atoms with E-state index in [1.807, 2.05) is 30.3 Å². The van der Waals surface area contributed by atoms with Crippen LogP contribution in [-0.2, 0) is 6.54 Å². The van der Waals surface area contributed by atoms with Gasteiger partial charge >= 0.3 is 0 Å². The van der Waals surface area contributed by atoms with Crippen LogP contribution >= 0.6 is 0 Å². The molecule has 0 fully saturated rings. The zero-order valence-electron chi connectivity index (χ0n) is 14.5. The number of hydrogen-bond acceptors (Lipinski definition) is 5. The molecule has 0 spiro atoms. The maximum absolute atomic E-state index is 12.0. The van der Waals surface area contributed by atoms with Gasteiger partial charge in [0.1, 0.15) is 29.1 Å². The van der Waals surface area contributed by atoms with Gasteiger partial charge < -0.3 is 15.6 Å². The fourth-order valence-electron chi connectivity index (χ4n) is 2.78. The number of unbranched alkanes of at least 4 members (excludes halogenated alkanes) is 1. The summed E-state index contributed by atoms with van der Waals surface area (Å²) in [4.78, 5) is 16.6. The molecule has 3 N–H and O–H groups in total. The Morgan fingerprint density at radius 3 is 2.60 bits per heavy atom. The highest BCUT2D eigenvalue weighted by atomic mass is 16.1. The smallest absolute Gasteiger partial charge is 0.268 e. The van der Waals surface area contributed by atoms with Crippen LogP contribution in [0, 0.1) is 22.7 Å². The van der Waals surface area contributed by atoms with Crippen LogP contribution in [0.5, 0.6) is 0 Å². The third kappa shape index (κ3) is 4.06. The number of nitriles is 2. The molecular weight excluding hydrogens is 314 g/mol. The molecule has 128 valence electrons. The lowest BCUT2D eigenvalue weighted by atomic mass is 9.95. The molecule has 1 aromatic heterocycles. The molecule has 0 unspecified atom stereocenters. The number of pyridine rings is 1. The molecule has 1 aromatic carbocycles. The third-order valence-electron chi connectivity index (χ3n) is 4.03. The van der Waals surface area contributed by atoms with E-state index in [1.165, 1.54) is 0 Å². The molecule has 6 heteroatoms. The quantitative estimate of drug-likeness (QED) is 0.843. The second kappa shape index (κ2) is 8.14. The maximum Gasteiger partial charge on any atom is 0.268 e. The molecule has 1 heterocycles. The van der Waals surface area contributed by atoms with E-state index in [0.717, 1.165) is 31.5 Å². The van der Waals surface area contributed by atoms with Crippen molar-refractivity contribution in [2.45, 2.75) is 26.3 Å². The minimum Gasteiger partial charge on any atom is -0.384 e. The Bertz CT molecular complexity index is 901. The van der Waals surface area contributed by atoms with Crippen molar-refractivity contribution in [2.24, 2.45) is 0 Å². The Hall–Kier alpha value is -3.09. The number of nitrogens with one attached hydrogen (secondary N) is 1. The minimum atomic E-state index is -0.584. The van der Waals surface area contributed by atoms with Gasteiger partial charge in [-0.25, -0.2) is 0 Å². The van der Waals surface area contributed by atoms with Crippen molar-refractivity contribution < 1.29 is 0 Å². The molecule has 0 aliphatic carbocycles. The van der Waals surface area contributed by atoms with Crippen LogP contribution in [0.4, 0.5) is 5.82 Å². The third-order valence-corrected chi connectivity index (χ3v) is 4.03. The van der Waals surface area contributed by atoms with E-state index < -0.39 is 5.56 Å². The van der Waals surface area contributed by atoms with Gasteiger partial charge in [0.25, 0.3) is 5.56 Å². The molecule has 6 nitrogen and oxygen atoms in total. The van der Waals surface area contributed by atoms with Crippen LogP contribution in [0.2, 0.25) is 0 Å². The first kappa shape index (κ1) is 18.3. The number of aromatic amines is 1. The van der Waals surface area contributed by atoms with Crippen LogP contribution in [0.15, 0.2) is 29.1 Å². The van der Waals surface area contributed by atoms with Gasteiger partial charge in [-0.1, -0.05) is 31.5 Å². The van der Waals surface area contributed by atoms with E-state index in [2.05, 4.69) is 23.9 Å². The van der Waals surface area contributed by atoms with Crippen molar-refractivity contribution in [1.82, 2.24) is 9.88 Å². The summed E-state index contributed by atoms with van der Waals surface area (Å²) in [6.45, 7) is 3.89. The summed E-state index contributed by atoms with van der Waals surface area (Å²) in [5.41, 5.74) is 7.20. The molecule has 2 rings (SSSR count). The summed E-state index contributed by atoms with van der Waals surface area (Å²) < 4.78 is 0. The van der Waals surface area contributed by atoms with Gasteiger partial charge in [0.05, 0.1) is 0 Å². The SMILES string of the molecule is CCCCN(C)Cc1cccc(-c2c(C#N)c(N)[nH]c(=O)c2C#N)c1. The van der Waals surface area contributed by atoms with Crippen LogP contribution in [0.3, 0.4) is 0 Å². The van der Waals surface area contributed by atoms with E-state index >= 15 is 0 Å². The highest BCUT2D eigenvalue weighted by molar-refractivity contribution is 5.80. The van der Waals surface area contributed by atoms with Gasteiger partial charge in [-0.3, -0.25) is 4.79 Å². The van der Waals surface area contributed by atoms with Gasteiger partial charge in [-0.2, -0.15) is 10.5 Å². The Morgan fingerprint density at radius 2 is 1.96 bits per heavy atom. The summed E-state index contributed by atoms with van der Waals surface area (Å²) in [7, 11) is 2.05. The van der Waals surface area contributed by atoms with Gasteiger partial charge in [-0.05, 0) is 37.2 Å². The van der Waals surface area contributed by atoms with Crippen molar-refractivity contribution in [3.63, 3.8) is 0 Å². The predicted molar refractivity (Wildman–Crippen MR) is 97.6 cm³/mol. The molecule has 2 aromatic rings. The minimum absolute atomic E-state index is 0.0213. The zero-order chi connectivity index (χ0) is 18.4. The van der Waals surface area contributed by atoms with Crippen molar-refractivity contribution in [2.75, 3.05) is 19.3 Å². The van der Waals surface area contributed by atoms with Crippen LogP contribution in [0.1, 0.15) is 36.5 Å². The molecule has 0 atom stereocenters. The van der Waals surface area contributed by atoms with Crippen molar-refractivity contribution in [1.29, 1.82) is 10.5 Å². The first-order valence-electron chi connectivity index (χ1n) is 8.15. The van der Waals surface area contributed by atoms with E-state index in [4.69, 9.17) is 5.73 Å². The number of hydrogen-bond donors (Lipinski definition) is 2. The van der Waals surface area contributed by atoms with Gasteiger partial charge in [0.15, 0.2) is 0 Å². The maximum atomic E-state index is 12.0. The molecule has 0 aliphatic heterocycles. The van der Waals surface area contributed by atoms with Crippen molar-refractivity contribution >= 4 is 5.82 Å². The summed E-state index contributed by atoms with van der Waals surface area (Å²) in [6.07, 6.45) is 2.26. The molecule has 0 bridgehead atoms. The average molecular weight is 335 g/mol. The van der Waals surface area contributed by atoms with E-state index in [0.29, 0.717) is 11.1 Å². The molecule has 0 radical (unpaired) electrons. The number of nitrogens with two attached hydrogens (primary N) is 1. The number of benzene rings is 1. The Kier molecular flexibility index (Phi) is 5.94. The molecule has 0 aliphatic rings. The average Bonchev–Trinajstić information content (AvgIpc) is 2.59. The van der Waals surface area contributed by atoms with E-state index in [9.17, 15) is 15.3 Å². The number of nitrogens with zero attached hydrogens (tertiary/aromatic N) is 3. The van der Waals surface area contributed by atoms with E-state index in [-0.39, 0.29) is 16.9 Å².